The third kappa shape index (κ3) is 5.34. The number of nitrogens with one attached hydrogen (secondary N) is 1. The number of hydrogen-bond acceptors (Lipinski definition) is 3. The molecule has 2 aromatic carbocycles. The molecule has 5 heteroatoms. The van der Waals surface area contributed by atoms with Gasteiger partial charge in [-0.1, -0.05) is 24.3 Å². The molecule has 0 radical (unpaired) electrons. The molecule has 0 fully saturated rings. The molecule has 2 amide bonds. The van der Waals surface area contributed by atoms with Crippen LogP contribution in [0, 0.1) is 13.8 Å². The van der Waals surface area contributed by atoms with Crippen LogP contribution in [0.25, 0.3) is 0 Å². The number of likely N-dealkylation sites (N-methyl/N-ethyl adjacent to an activating group) is 1. The van der Waals surface area contributed by atoms with Crippen molar-refractivity contribution in [2.75, 3.05) is 25.5 Å². The molecule has 0 aromatic heterocycles. The van der Waals surface area contributed by atoms with E-state index in [0.717, 1.165) is 28.1 Å². The zero-order valence-electron chi connectivity index (χ0n) is 15.8. The second-order valence-corrected chi connectivity index (χ2v) is 6.30. The van der Waals surface area contributed by atoms with Gasteiger partial charge in [0, 0.05) is 12.7 Å². The Morgan fingerprint density at radius 1 is 1.08 bits per heavy atom. The van der Waals surface area contributed by atoms with Crippen LogP contribution in [0.2, 0.25) is 0 Å². The van der Waals surface area contributed by atoms with E-state index in [-0.39, 0.29) is 24.8 Å². The predicted octanol–water partition coefficient (Wildman–Crippen LogP) is 3.34. The number of aryl methyl sites for hydroxylation is 1. The summed E-state index contributed by atoms with van der Waals surface area (Å²) in [4.78, 5) is 26.0. The van der Waals surface area contributed by atoms with Crippen molar-refractivity contribution < 1.29 is 14.3 Å². The van der Waals surface area contributed by atoms with Crippen molar-refractivity contribution in [1.82, 2.24) is 4.90 Å². The highest BCUT2D eigenvalue weighted by Crippen LogP contribution is 2.18. The van der Waals surface area contributed by atoms with Crippen LogP contribution in [0.4, 0.5) is 5.69 Å². The molecule has 2 aromatic rings. The Bertz CT molecular complexity index is 769. The normalized spacial score (nSPS) is 10.3. The highest BCUT2D eigenvalue weighted by molar-refractivity contribution is 5.95. The summed E-state index contributed by atoms with van der Waals surface area (Å²) < 4.78 is 5.39. The second kappa shape index (κ2) is 9.04. The van der Waals surface area contributed by atoms with Gasteiger partial charge in [-0.25, -0.2) is 0 Å². The van der Waals surface area contributed by atoms with Gasteiger partial charge in [0.25, 0.3) is 0 Å². The van der Waals surface area contributed by atoms with Crippen molar-refractivity contribution in [3.8, 4) is 5.75 Å². The third-order valence-electron chi connectivity index (χ3n) is 4.27. The summed E-state index contributed by atoms with van der Waals surface area (Å²) in [7, 11) is 1.64. The molecule has 0 aliphatic carbocycles. The van der Waals surface area contributed by atoms with E-state index in [1.54, 1.807) is 7.05 Å². The van der Waals surface area contributed by atoms with Gasteiger partial charge in [0.2, 0.25) is 11.8 Å². The first-order chi connectivity index (χ1) is 12.4. The maximum absolute atomic E-state index is 12.3. The summed E-state index contributed by atoms with van der Waals surface area (Å²) in [6.07, 6.45) is 0.250. The van der Waals surface area contributed by atoms with Crippen LogP contribution < -0.4 is 10.1 Å². The van der Waals surface area contributed by atoms with E-state index >= 15 is 0 Å². The Kier molecular flexibility index (Phi) is 6.78. The lowest BCUT2D eigenvalue weighted by Gasteiger charge is -2.18. The Balaban J connectivity index is 1.89. The molecular weight excluding hydrogens is 328 g/mol. The molecular formula is C21H26N2O3. The lowest BCUT2D eigenvalue weighted by Crippen LogP contribution is -2.35. The monoisotopic (exact) mass is 354 g/mol. The minimum Gasteiger partial charge on any atom is -0.494 e. The Labute approximate surface area is 155 Å². The summed E-state index contributed by atoms with van der Waals surface area (Å²) in [6, 6.07) is 13.2. The van der Waals surface area contributed by atoms with Crippen molar-refractivity contribution >= 4 is 17.5 Å². The second-order valence-electron chi connectivity index (χ2n) is 6.30. The van der Waals surface area contributed by atoms with Gasteiger partial charge in [0.1, 0.15) is 5.75 Å². The zero-order valence-corrected chi connectivity index (χ0v) is 15.8. The van der Waals surface area contributed by atoms with Crippen molar-refractivity contribution in [3.05, 3.63) is 59.2 Å². The summed E-state index contributed by atoms with van der Waals surface area (Å²) in [6.45, 7) is 6.51. The highest BCUT2D eigenvalue weighted by atomic mass is 16.5. The van der Waals surface area contributed by atoms with Gasteiger partial charge in [0.15, 0.2) is 0 Å². The summed E-state index contributed by atoms with van der Waals surface area (Å²) in [5.74, 6) is 0.469. The first kappa shape index (κ1) is 19.5. The summed E-state index contributed by atoms with van der Waals surface area (Å²) in [5.41, 5.74) is 3.81. The van der Waals surface area contributed by atoms with E-state index in [1.165, 1.54) is 4.90 Å². The maximum Gasteiger partial charge on any atom is 0.243 e. The smallest absolute Gasteiger partial charge is 0.243 e. The molecule has 1 N–H and O–H groups in total. The van der Waals surface area contributed by atoms with E-state index < -0.39 is 0 Å². The molecule has 0 bridgehead atoms. The fourth-order valence-corrected chi connectivity index (χ4v) is 2.56. The SMILES string of the molecule is CCOc1ccc(CC(=O)N(C)CC(=O)Nc2cccc(C)c2C)cc1. The molecule has 0 spiro atoms. The van der Waals surface area contributed by atoms with Gasteiger partial charge < -0.3 is 15.0 Å². The number of anilines is 1. The molecule has 0 unspecified atom stereocenters. The fraction of sp³-hybridized carbons (Fsp3) is 0.333. The standard InChI is InChI=1S/C21H26N2O3/c1-5-26-18-11-9-17(10-12-18)13-21(25)23(4)14-20(24)22-19-8-6-7-15(2)16(19)3/h6-12H,5,13-14H2,1-4H3,(H,22,24). The summed E-state index contributed by atoms with van der Waals surface area (Å²) >= 11 is 0. The summed E-state index contributed by atoms with van der Waals surface area (Å²) in [5, 5.41) is 2.87. The number of carbonyl (C=O) groups is 2. The van der Waals surface area contributed by atoms with Gasteiger partial charge in [0.05, 0.1) is 19.6 Å². The zero-order chi connectivity index (χ0) is 19.1. The van der Waals surface area contributed by atoms with Crippen LogP contribution >= 0.6 is 0 Å². The molecule has 0 saturated carbocycles. The van der Waals surface area contributed by atoms with Gasteiger partial charge in [-0.05, 0) is 55.7 Å². The number of nitrogens with zero attached hydrogens (tertiary/aromatic N) is 1. The molecule has 0 aliphatic rings. The highest BCUT2D eigenvalue weighted by Gasteiger charge is 2.14. The van der Waals surface area contributed by atoms with E-state index in [1.807, 2.05) is 63.2 Å². The average Bonchev–Trinajstić information content (AvgIpc) is 2.60. The lowest BCUT2D eigenvalue weighted by molar-refractivity contribution is -0.132. The number of amides is 2. The quantitative estimate of drug-likeness (QED) is 0.830. The van der Waals surface area contributed by atoms with Crippen LogP contribution in [0.3, 0.4) is 0 Å². The van der Waals surface area contributed by atoms with Crippen molar-refractivity contribution in [2.45, 2.75) is 27.2 Å². The van der Waals surface area contributed by atoms with Crippen molar-refractivity contribution in [3.63, 3.8) is 0 Å². The van der Waals surface area contributed by atoms with Gasteiger partial charge >= 0.3 is 0 Å². The number of benzene rings is 2. The Hall–Kier alpha value is -2.82. The predicted molar refractivity (Wildman–Crippen MR) is 103 cm³/mol. The molecule has 0 saturated heterocycles. The van der Waals surface area contributed by atoms with Crippen molar-refractivity contribution in [1.29, 1.82) is 0 Å². The molecule has 5 nitrogen and oxygen atoms in total. The minimum absolute atomic E-state index is 0.0171. The van der Waals surface area contributed by atoms with Crippen LogP contribution in [0.1, 0.15) is 23.6 Å². The molecule has 0 aliphatic heterocycles. The van der Waals surface area contributed by atoms with E-state index in [2.05, 4.69) is 5.32 Å². The van der Waals surface area contributed by atoms with Gasteiger partial charge in [-0.15, -0.1) is 0 Å². The van der Waals surface area contributed by atoms with Gasteiger partial charge in [-0.2, -0.15) is 0 Å². The Morgan fingerprint density at radius 3 is 2.42 bits per heavy atom. The van der Waals surface area contributed by atoms with Crippen LogP contribution in [-0.4, -0.2) is 36.9 Å². The van der Waals surface area contributed by atoms with Crippen LogP contribution in [0.5, 0.6) is 5.75 Å². The van der Waals surface area contributed by atoms with Crippen molar-refractivity contribution in [2.24, 2.45) is 0 Å². The third-order valence-corrected chi connectivity index (χ3v) is 4.27. The topological polar surface area (TPSA) is 58.6 Å². The van der Waals surface area contributed by atoms with Gasteiger partial charge in [-0.3, -0.25) is 9.59 Å². The number of ether oxygens (including phenoxy) is 1. The fourth-order valence-electron chi connectivity index (χ4n) is 2.56. The lowest BCUT2D eigenvalue weighted by atomic mass is 10.1. The number of carbonyl (C=O) groups excluding carboxylic acids is 2. The average molecular weight is 354 g/mol. The van der Waals surface area contributed by atoms with Crippen LogP contribution in [-0.2, 0) is 16.0 Å². The minimum atomic E-state index is -0.207. The number of hydrogen-bond donors (Lipinski definition) is 1. The van der Waals surface area contributed by atoms with E-state index in [4.69, 9.17) is 4.74 Å². The molecule has 2 rings (SSSR count). The molecule has 0 heterocycles. The Morgan fingerprint density at radius 2 is 1.77 bits per heavy atom. The maximum atomic E-state index is 12.3. The first-order valence-corrected chi connectivity index (χ1v) is 8.72. The molecule has 138 valence electrons. The largest absolute Gasteiger partial charge is 0.494 e. The first-order valence-electron chi connectivity index (χ1n) is 8.72. The van der Waals surface area contributed by atoms with E-state index in [0.29, 0.717) is 6.61 Å². The van der Waals surface area contributed by atoms with E-state index in [9.17, 15) is 9.59 Å². The molecule has 26 heavy (non-hydrogen) atoms. The number of rotatable bonds is 7. The van der Waals surface area contributed by atoms with Crippen LogP contribution in [0.15, 0.2) is 42.5 Å². The molecule has 0 atom stereocenters.